The molecule has 0 unspecified atom stereocenters. The summed E-state index contributed by atoms with van der Waals surface area (Å²) in [4.78, 5) is 12.6. The summed E-state index contributed by atoms with van der Waals surface area (Å²) in [7, 11) is -1.76. The molecule has 3 rings (SSSR count). The second-order valence-electron chi connectivity index (χ2n) is 9.47. The highest BCUT2D eigenvalue weighted by Gasteiger charge is 2.59. The van der Waals surface area contributed by atoms with E-state index in [2.05, 4.69) is 40.4 Å². The predicted molar refractivity (Wildman–Crippen MR) is 93.3 cm³/mol. The maximum absolute atomic E-state index is 12.6. The van der Waals surface area contributed by atoms with E-state index in [1.165, 1.54) is 12.0 Å². The van der Waals surface area contributed by atoms with Gasteiger partial charge in [0.2, 0.25) is 0 Å². The predicted octanol–water partition coefficient (Wildman–Crippen LogP) is 5.10. The van der Waals surface area contributed by atoms with Crippen LogP contribution in [-0.4, -0.2) is 20.2 Å². The molecular formula is C19H32O2Si. The van der Waals surface area contributed by atoms with Crippen molar-refractivity contribution in [3.05, 3.63) is 12.2 Å². The fourth-order valence-corrected chi connectivity index (χ4v) is 6.17. The van der Waals surface area contributed by atoms with E-state index in [1.807, 2.05) is 0 Å². The van der Waals surface area contributed by atoms with Gasteiger partial charge in [-0.3, -0.25) is 4.79 Å². The van der Waals surface area contributed by atoms with Crippen LogP contribution in [0.3, 0.4) is 0 Å². The SMILES string of the molecule is C=C1C[C@]23C[C@H]1[C@H](O[Si](C)(C)C(C)(C)C)C[C@H]2CCCC3=O. The monoisotopic (exact) mass is 320 g/mol. The molecule has 0 radical (unpaired) electrons. The van der Waals surface area contributed by atoms with Gasteiger partial charge in [-0.1, -0.05) is 32.9 Å². The van der Waals surface area contributed by atoms with Crippen molar-refractivity contribution in [2.75, 3.05) is 0 Å². The van der Waals surface area contributed by atoms with Crippen LogP contribution in [0.2, 0.25) is 18.1 Å². The molecule has 2 bridgehead atoms. The van der Waals surface area contributed by atoms with E-state index in [4.69, 9.17) is 4.43 Å². The van der Waals surface area contributed by atoms with Crippen molar-refractivity contribution in [1.29, 1.82) is 0 Å². The molecule has 3 aliphatic carbocycles. The van der Waals surface area contributed by atoms with Gasteiger partial charge in [0.05, 0.1) is 6.10 Å². The van der Waals surface area contributed by atoms with Crippen molar-refractivity contribution in [2.24, 2.45) is 17.3 Å². The summed E-state index contributed by atoms with van der Waals surface area (Å²) >= 11 is 0. The first-order chi connectivity index (χ1) is 10.1. The average molecular weight is 321 g/mol. The Bertz CT molecular complexity index is 502. The second kappa shape index (κ2) is 5.04. The van der Waals surface area contributed by atoms with Crippen LogP contribution >= 0.6 is 0 Å². The van der Waals surface area contributed by atoms with Crippen LogP contribution in [0.25, 0.3) is 0 Å². The third kappa shape index (κ3) is 2.36. The standard InChI is InChI=1S/C19H32O2Si/c1-13-11-19-12-15(13)16(21-22(5,6)18(2,3)4)10-14(19)8-7-9-17(19)20/h14-16H,1,7-12H2,2-6H3/t14-,15-,16-,19+/m1/s1. The number of fused-ring (bicyclic) bond motifs is 1. The van der Waals surface area contributed by atoms with E-state index in [0.717, 1.165) is 32.1 Å². The molecule has 4 atom stereocenters. The molecule has 3 fully saturated rings. The molecule has 1 spiro atoms. The van der Waals surface area contributed by atoms with Crippen molar-refractivity contribution >= 4 is 14.1 Å². The molecule has 0 aliphatic heterocycles. The Kier molecular flexibility index (Phi) is 3.77. The van der Waals surface area contributed by atoms with Crippen LogP contribution in [-0.2, 0) is 9.22 Å². The molecule has 0 heterocycles. The van der Waals surface area contributed by atoms with Crippen LogP contribution in [0.15, 0.2) is 12.2 Å². The Morgan fingerprint density at radius 1 is 1.32 bits per heavy atom. The molecule has 2 nitrogen and oxygen atoms in total. The topological polar surface area (TPSA) is 26.3 Å². The number of carbonyl (C=O) groups excluding carboxylic acids is 1. The summed E-state index contributed by atoms with van der Waals surface area (Å²) in [6.45, 7) is 16.0. The zero-order valence-corrected chi connectivity index (χ0v) is 16.0. The number of Topliss-reactive ketones (excluding diaryl/α,β-unsaturated/α-hetero) is 1. The van der Waals surface area contributed by atoms with Crippen molar-refractivity contribution in [1.82, 2.24) is 0 Å². The minimum Gasteiger partial charge on any atom is -0.413 e. The highest BCUT2D eigenvalue weighted by molar-refractivity contribution is 6.74. The summed E-state index contributed by atoms with van der Waals surface area (Å²) in [6.07, 6.45) is 6.44. The molecule has 0 aromatic heterocycles. The molecular weight excluding hydrogens is 288 g/mol. The third-order valence-corrected chi connectivity index (χ3v) is 11.7. The van der Waals surface area contributed by atoms with Crippen LogP contribution < -0.4 is 0 Å². The van der Waals surface area contributed by atoms with Gasteiger partial charge < -0.3 is 4.43 Å². The van der Waals surface area contributed by atoms with Gasteiger partial charge in [-0.2, -0.15) is 0 Å². The lowest BCUT2D eigenvalue weighted by molar-refractivity contribution is -0.138. The maximum atomic E-state index is 12.6. The number of carbonyl (C=O) groups is 1. The molecule has 0 saturated heterocycles. The van der Waals surface area contributed by atoms with Crippen molar-refractivity contribution in [3.8, 4) is 0 Å². The van der Waals surface area contributed by atoms with Gasteiger partial charge in [-0.05, 0) is 56.2 Å². The minimum absolute atomic E-state index is 0.0483. The molecule has 0 N–H and O–H groups in total. The molecule has 3 aliphatic rings. The lowest BCUT2D eigenvalue weighted by Crippen LogP contribution is -2.51. The second-order valence-corrected chi connectivity index (χ2v) is 14.2. The summed E-state index contributed by atoms with van der Waals surface area (Å²) in [6, 6.07) is 0. The molecule has 0 aromatic rings. The van der Waals surface area contributed by atoms with Gasteiger partial charge >= 0.3 is 0 Å². The summed E-state index contributed by atoms with van der Waals surface area (Å²) in [5.74, 6) is 1.49. The average Bonchev–Trinajstić information content (AvgIpc) is 2.67. The van der Waals surface area contributed by atoms with Crippen LogP contribution in [0, 0.1) is 17.3 Å². The Morgan fingerprint density at radius 3 is 2.64 bits per heavy atom. The van der Waals surface area contributed by atoms with Gasteiger partial charge in [0.25, 0.3) is 0 Å². The quantitative estimate of drug-likeness (QED) is 0.522. The van der Waals surface area contributed by atoms with Gasteiger partial charge in [-0.25, -0.2) is 0 Å². The first-order valence-corrected chi connectivity index (χ1v) is 11.9. The highest BCUT2D eigenvalue weighted by Crippen LogP contribution is 2.61. The van der Waals surface area contributed by atoms with Crippen LogP contribution in [0.4, 0.5) is 0 Å². The fraction of sp³-hybridized carbons (Fsp3) is 0.842. The normalized spacial score (nSPS) is 39.0. The zero-order valence-electron chi connectivity index (χ0n) is 15.0. The van der Waals surface area contributed by atoms with Gasteiger partial charge in [-0.15, -0.1) is 0 Å². The molecule has 22 heavy (non-hydrogen) atoms. The lowest BCUT2D eigenvalue weighted by atomic mass is 9.59. The number of hydrogen-bond donors (Lipinski definition) is 0. The van der Waals surface area contributed by atoms with Gasteiger partial charge in [0, 0.05) is 17.8 Å². The van der Waals surface area contributed by atoms with E-state index < -0.39 is 8.32 Å². The smallest absolute Gasteiger partial charge is 0.192 e. The molecule has 3 heteroatoms. The summed E-state index contributed by atoms with van der Waals surface area (Å²) < 4.78 is 6.79. The summed E-state index contributed by atoms with van der Waals surface area (Å²) in [5, 5.41) is 0.240. The summed E-state index contributed by atoms with van der Waals surface area (Å²) in [5.41, 5.74) is 1.24. The van der Waals surface area contributed by atoms with E-state index in [-0.39, 0.29) is 10.5 Å². The Morgan fingerprint density at radius 2 is 2.00 bits per heavy atom. The van der Waals surface area contributed by atoms with Crippen LogP contribution in [0.5, 0.6) is 0 Å². The fourth-order valence-electron chi connectivity index (χ4n) is 4.80. The maximum Gasteiger partial charge on any atom is 0.192 e. The van der Waals surface area contributed by atoms with Crippen molar-refractivity contribution < 1.29 is 9.22 Å². The van der Waals surface area contributed by atoms with E-state index in [9.17, 15) is 4.79 Å². The first kappa shape index (κ1) is 16.4. The molecule has 124 valence electrons. The molecule has 0 aromatic carbocycles. The number of hydrogen-bond acceptors (Lipinski definition) is 2. The number of rotatable bonds is 2. The molecule has 3 saturated carbocycles. The van der Waals surface area contributed by atoms with Gasteiger partial charge in [0.1, 0.15) is 5.78 Å². The highest BCUT2D eigenvalue weighted by atomic mass is 28.4. The minimum atomic E-state index is -1.76. The Hall–Kier alpha value is -0.413. The van der Waals surface area contributed by atoms with E-state index >= 15 is 0 Å². The van der Waals surface area contributed by atoms with Crippen molar-refractivity contribution in [3.63, 3.8) is 0 Å². The third-order valence-electron chi connectivity index (χ3n) is 7.16. The van der Waals surface area contributed by atoms with Crippen LogP contribution in [0.1, 0.15) is 59.3 Å². The Labute approximate surface area is 136 Å². The first-order valence-electron chi connectivity index (χ1n) is 8.96. The van der Waals surface area contributed by atoms with E-state index in [0.29, 0.717) is 23.7 Å². The zero-order chi connectivity index (χ0) is 16.3. The lowest BCUT2D eigenvalue weighted by Gasteiger charge is -2.48. The van der Waals surface area contributed by atoms with Crippen molar-refractivity contribution in [2.45, 2.75) is 83.5 Å². The van der Waals surface area contributed by atoms with Gasteiger partial charge in [0.15, 0.2) is 8.32 Å². The Balaban J connectivity index is 1.85. The molecule has 0 amide bonds. The van der Waals surface area contributed by atoms with E-state index in [1.54, 1.807) is 0 Å². The largest absolute Gasteiger partial charge is 0.413 e. The number of ketones is 1.